The molecule has 0 radical (unpaired) electrons. The largest absolute Gasteiger partial charge is 0.466 e. The molecule has 1 aliphatic rings. The number of alkyl carbamates (subject to hydrolysis) is 1. The first-order valence-corrected chi connectivity index (χ1v) is 8.95. The lowest BCUT2D eigenvalue weighted by atomic mass is 9.80. The summed E-state index contributed by atoms with van der Waals surface area (Å²) in [5.41, 5.74) is -0.443. The van der Waals surface area contributed by atoms with Gasteiger partial charge < -0.3 is 14.8 Å². The summed E-state index contributed by atoms with van der Waals surface area (Å²) < 4.78 is 10.3. The Bertz CT molecular complexity index is 368. The van der Waals surface area contributed by atoms with Crippen molar-refractivity contribution in [3.8, 4) is 0 Å². The maximum atomic E-state index is 11.7. The van der Waals surface area contributed by atoms with Crippen LogP contribution in [0.1, 0.15) is 72.6 Å². The number of unbranched alkanes of at least 4 members (excludes halogenated alkanes) is 1. The number of rotatable bonds is 7. The fourth-order valence-electron chi connectivity index (χ4n) is 3.01. The molecule has 1 rings (SSSR count). The predicted molar refractivity (Wildman–Crippen MR) is 90.2 cm³/mol. The molecule has 0 heterocycles. The van der Waals surface area contributed by atoms with Crippen molar-refractivity contribution in [2.45, 2.75) is 78.2 Å². The van der Waals surface area contributed by atoms with Crippen LogP contribution < -0.4 is 5.32 Å². The predicted octanol–water partition coefficient (Wildman–Crippen LogP) is 4.05. The van der Waals surface area contributed by atoms with Gasteiger partial charge in [-0.05, 0) is 65.7 Å². The van der Waals surface area contributed by atoms with Crippen molar-refractivity contribution < 1.29 is 19.1 Å². The average Bonchev–Trinajstić information content (AvgIpc) is 2.46. The minimum atomic E-state index is -0.443. The molecule has 5 nitrogen and oxygen atoms in total. The van der Waals surface area contributed by atoms with Gasteiger partial charge in [0, 0.05) is 6.54 Å². The second-order valence-electron chi connectivity index (χ2n) is 7.39. The van der Waals surface area contributed by atoms with Gasteiger partial charge in [-0.25, -0.2) is 4.79 Å². The summed E-state index contributed by atoms with van der Waals surface area (Å²) in [6.45, 7) is 8.57. The van der Waals surface area contributed by atoms with Gasteiger partial charge in [-0.1, -0.05) is 12.8 Å². The van der Waals surface area contributed by atoms with Gasteiger partial charge in [0.1, 0.15) is 5.60 Å². The third kappa shape index (κ3) is 8.82. The molecule has 23 heavy (non-hydrogen) atoms. The third-order valence-corrected chi connectivity index (χ3v) is 4.17. The summed E-state index contributed by atoms with van der Waals surface area (Å²) >= 11 is 0. The lowest BCUT2D eigenvalue weighted by molar-refractivity contribution is -0.149. The molecule has 134 valence electrons. The van der Waals surface area contributed by atoms with E-state index in [-0.39, 0.29) is 18.0 Å². The summed E-state index contributed by atoms with van der Waals surface area (Å²) in [5, 5.41) is 2.79. The Balaban J connectivity index is 2.05. The van der Waals surface area contributed by atoms with Crippen LogP contribution >= 0.6 is 0 Å². The van der Waals surface area contributed by atoms with Gasteiger partial charge >= 0.3 is 12.1 Å². The van der Waals surface area contributed by atoms with Crippen LogP contribution in [0, 0.1) is 11.8 Å². The summed E-state index contributed by atoms with van der Waals surface area (Å²) in [7, 11) is 0. The highest BCUT2D eigenvalue weighted by Gasteiger charge is 2.26. The average molecular weight is 327 g/mol. The maximum Gasteiger partial charge on any atom is 0.407 e. The number of esters is 1. The lowest BCUT2D eigenvalue weighted by Gasteiger charge is -2.27. The topological polar surface area (TPSA) is 64.6 Å². The van der Waals surface area contributed by atoms with Crippen LogP contribution in [0.5, 0.6) is 0 Å². The molecule has 1 N–H and O–H groups in total. The highest BCUT2D eigenvalue weighted by Crippen LogP contribution is 2.32. The molecule has 1 amide bonds. The highest BCUT2D eigenvalue weighted by molar-refractivity contribution is 5.72. The van der Waals surface area contributed by atoms with Crippen LogP contribution in [0.25, 0.3) is 0 Å². The first-order chi connectivity index (χ1) is 10.8. The fourth-order valence-corrected chi connectivity index (χ4v) is 3.01. The number of carbonyl (C=O) groups excluding carboxylic acids is 2. The molecule has 1 aliphatic carbocycles. The van der Waals surface area contributed by atoms with Crippen molar-refractivity contribution in [3.05, 3.63) is 0 Å². The molecule has 0 saturated heterocycles. The Morgan fingerprint density at radius 1 is 1.09 bits per heavy atom. The van der Waals surface area contributed by atoms with Crippen molar-refractivity contribution in [2.24, 2.45) is 11.8 Å². The third-order valence-electron chi connectivity index (χ3n) is 4.17. The van der Waals surface area contributed by atoms with E-state index in [4.69, 9.17) is 9.47 Å². The zero-order valence-corrected chi connectivity index (χ0v) is 15.2. The van der Waals surface area contributed by atoms with E-state index in [1.807, 2.05) is 27.7 Å². The van der Waals surface area contributed by atoms with Gasteiger partial charge in [-0.2, -0.15) is 0 Å². The molecular weight excluding hydrogens is 294 g/mol. The van der Waals surface area contributed by atoms with Crippen molar-refractivity contribution in [3.63, 3.8) is 0 Å². The Kier molecular flexibility index (Phi) is 8.42. The molecule has 0 aromatic carbocycles. The fraction of sp³-hybridized carbons (Fsp3) is 0.889. The number of amides is 1. The Labute approximate surface area is 140 Å². The SMILES string of the molecule is CCOC(=O)C1CCC(CCCCNC(=O)OC(C)(C)C)CC1. The molecule has 0 unspecified atom stereocenters. The van der Waals surface area contributed by atoms with Crippen molar-refractivity contribution >= 4 is 12.1 Å². The van der Waals surface area contributed by atoms with E-state index >= 15 is 0 Å². The smallest absolute Gasteiger partial charge is 0.407 e. The van der Waals surface area contributed by atoms with E-state index < -0.39 is 5.60 Å². The van der Waals surface area contributed by atoms with Gasteiger partial charge in [-0.15, -0.1) is 0 Å². The molecule has 0 atom stereocenters. The van der Waals surface area contributed by atoms with E-state index in [0.29, 0.717) is 19.1 Å². The molecule has 1 saturated carbocycles. The molecule has 0 aromatic rings. The van der Waals surface area contributed by atoms with E-state index in [1.54, 1.807) is 0 Å². The van der Waals surface area contributed by atoms with Gasteiger partial charge in [0.2, 0.25) is 0 Å². The number of carbonyl (C=O) groups is 2. The standard InChI is InChI=1S/C18H33NO4/c1-5-22-16(20)15-11-9-14(10-12-15)8-6-7-13-19-17(21)23-18(2,3)4/h14-15H,5-13H2,1-4H3,(H,19,21). The van der Waals surface area contributed by atoms with Crippen molar-refractivity contribution in [2.75, 3.05) is 13.2 Å². The Hall–Kier alpha value is -1.26. The van der Waals surface area contributed by atoms with Gasteiger partial charge in [0.05, 0.1) is 12.5 Å². The van der Waals surface area contributed by atoms with Crippen molar-refractivity contribution in [1.29, 1.82) is 0 Å². The van der Waals surface area contributed by atoms with Gasteiger partial charge in [0.25, 0.3) is 0 Å². The molecule has 0 spiro atoms. The number of ether oxygens (including phenoxy) is 2. The normalized spacial score (nSPS) is 21.6. The van der Waals surface area contributed by atoms with E-state index in [0.717, 1.165) is 38.5 Å². The summed E-state index contributed by atoms with van der Waals surface area (Å²) in [6.07, 6.45) is 7.05. The monoisotopic (exact) mass is 327 g/mol. The van der Waals surface area contributed by atoms with Crippen LogP contribution in [0.3, 0.4) is 0 Å². The molecule has 0 aromatic heterocycles. The number of hydrogen-bond donors (Lipinski definition) is 1. The number of hydrogen-bond acceptors (Lipinski definition) is 4. The van der Waals surface area contributed by atoms with E-state index in [1.165, 1.54) is 6.42 Å². The minimum absolute atomic E-state index is 0.0208. The van der Waals surface area contributed by atoms with Crippen LogP contribution in [-0.4, -0.2) is 30.8 Å². The van der Waals surface area contributed by atoms with Crippen LogP contribution in [0.15, 0.2) is 0 Å². The molecule has 0 aliphatic heterocycles. The molecular formula is C18H33NO4. The molecule has 1 fully saturated rings. The van der Waals surface area contributed by atoms with Crippen LogP contribution in [0.2, 0.25) is 0 Å². The summed E-state index contributed by atoms with van der Waals surface area (Å²) in [4.78, 5) is 23.2. The second-order valence-corrected chi connectivity index (χ2v) is 7.39. The lowest BCUT2D eigenvalue weighted by Crippen LogP contribution is -2.33. The van der Waals surface area contributed by atoms with E-state index in [9.17, 15) is 9.59 Å². The number of nitrogens with one attached hydrogen (secondary N) is 1. The van der Waals surface area contributed by atoms with Crippen molar-refractivity contribution in [1.82, 2.24) is 5.32 Å². The summed E-state index contributed by atoms with van der Waals surface area (Å²) in [6, 6.07) is 0. The van der Waals surface area contributed by atoms with E-state index in [2.05, 4.69) is 5.32 Å². The first kappa shape index (κ1) is 19.8. The van der Waals surface area contributed by atoms with Crippen LogP contribution in [0.4, 0.5) is 4.79 Å². The Morgan fingerprint density at radius 3 is 2.30 bits per heavy atom. The summed E-state index contributed by atoms with van der Waals surface area (Å²) in [5.74, 6) is 0.801. The van der Waals surface area contributed by atoms with Gasteiger partial charge in [-0.3, -0.25) is 4.79 Å². The minimum Gasteiger partial charge on any atom is -0.466 e. The van der Waals surface area contributed by atoms with Crippen LogP contribution in [-0.2, 0) is 14.3 Å². The molecule has 5 heteroatoms. The zero-order valence-electron chi connectivity index (χ0n) is 15.2. The zero-order chi connectivity index (χ0) is 17.3. The Morgan fingerprint density at radius 2 is 1.74 bits per heavy atom. The molecule has 0 bridgehead atoms. The quantitative estimate of drug-likeness (QED) is 0.566. The first-order valence-electron chi connectivity index (χ1n) is 8.95. The maximum absolute atomic E-state index is 11.7. The highest BCUT2D eigenvalue weighted by atomic mass is 16.6. The second kappa shape index (κ2) is 9.78. The van der Waals surface area contributed by atoms with Gasteiger partial charge in [0.15, 0.2) is 0 Å².